The molecule has 0 spiro atoms. The molecule has 0 aliphatic heterocycles. The molecule has 0 saturated carbocycles. The minimum atomic E-state index is -4.88. The Morgan fingerprint density at radius 3 is 2.50 bits per heavy atom. The van der Waals surface area contributed by atoms with Crippen LogP contribution in [-0.2, 0) is 5.60 Å². The molecular weight excluding hydrogens is 269 g/mol. The Balaban J connectivity index is 2.76. The number of hydrogen-bond acceptors (Lipinski definition) is 3. The molecule has 1 aromatic heterocycles. The van der Waals surface area contributed by atoms with Crippen LogP contribution >= 0.6 is 0 Å². The van der Waals surface area contributed by atoms with E-state index in [2.05, 4.69) is 4.98 Å². The number of aliphatic hydroxyl groups is 1. The minimum Gasteiger partial charge on any atom is -0.375 e. The summed E-state index contributed by atoms with van der Waals surface area (Å²) in [5.74, 6) is 0. The van der Waals surface area contributed by atoms with Crippen molar-refractivity contribution in [1.29, 1.82) is 0 Å². The van der Waals surface area contributed by atoms with Crippen LogP contribution < -0.4 is 5.73 Å². The van der Waals surface area contributed by atoms with E-state index in [0.717, 1.165) is 6.20 Å². The third-order valence-electron chi connectivity index (χ3n) is 3.49. The van der Waals surface area contributed by atoms with Crippen molar-refractivity contribution in [1.82, 2.24) is 4.98 Å². The van der Waals surface area contributed by atoms with Gasteiger partial charge in [-0.25, -0.2) is 0 Å². The molecule has 0 radical (unpaired) electrons. The van der Waals surface area contributed by atoms with Gasteiger partial charge in [0.25, 0.3) is 0 Å². The topological polar surface area (TPSA) is 59.1 Å². The van der Waals surface area contributed by atoms with Gasteiger partial charge in [-0.2, -0.15) is 13.2 Å². The van der Waals surface area contributed by atoms with Gasteiger partial charge in [-0.1, -0.05) is 31.2 Å². The molecule has 3 nitrogen and oxygen atoms in total. The summed E-state index contributed by atoms with van der Waals surface area (Å²) in [6, 6.07) is 5.00. The number of benzene rings is 1. The highest BCUT2D eigenvalue weighted by molar-refractivity contribution is 5.85. The molecule has 20 heavy (non-hydrogen) atoms. The van der Waals surface area contributed by atoms with Crippen molar-refractivity contribution in [3.8, 4) is 0 Å². The first-order valence-electron chi connectivity index (χ1n) is 6.20. The number of pyridine rings is 1. The monoisotopic (exact) mass is 284 g/mol. The number of fused-ring (bicyclic) bond motifs is 1. The van der Waals surface area contributed by atoms with Gasteiger partial charge in [0.2, 0.25) is 5.60 Å². The zero-order valence-corrected chi connectivity index (χ0v) is 10.9. The Morgan fingerprint density at radius 1 is 1.25 bits per heavy atom. The van der Waals surface area contributed by atoms with Crippen LogP contribution in [0, 0.1) is 0 Å². The van der Waals surface area contributed by atoms with E-state index in [1.807, 2.05) is 0 Å². The molecule has 0 fully saturated rings. The van der Waals surface area contributed by atoms with Crippen LogP contribution in [0.4, 0.5) is 13.2 Å². The number of nitrogens with two attached hydrogens (primary N) is 1. The molecule has 3 N–H and O–H groups in total. The number of rotatable bonds is 3. The van der Waals surface area contributed by atoms with E-state index < -0.39 is 17.8 Å². The summed E-state index contributed by atoms with van der Waals surface area (Å²) >= 11 is 0. The summed E-state index contributed by atoms with van der Waals surface area (Å²) in [6.07, 6.45) is -2.41. The molecule has 6 heteroatoms. The number of aromatic nitrogens is 1. The molecule has 1 aromatic carbocycles. The lowest BCUT2D eigenvalue weighted by Crippen LogP contribution is -2.55. The average Bonchev–Trinajstić information content (AvgIpc) is 2.43. The van der Waals surface area contributed by atoms with Gasteiger partial charge >= 0.3 is 6.18 Å². The summed E-state index contributed by atoms with van der Waals surface area (Å²) < 4.78 is 40.2. The summed E-state index contributed by atoms with van der Waals surface area (Å²) in [5.41, 5.74) is 2.14. The van der Waals surface area contributed by atoms with Crippen LogP contribution in [-0.4, -0.2) is 22.3 Å². The molecule has 2 unspecified atom stereocenters. The number of alkyl halides is 3. The van der Waals surface area contributed by atoms with Crippen molar-refractivity contribution in [3.05, 3.63) is 42.2 Å². The molecule has 1 heterocycles. The van der Waals surface area contributed by atoms with Gasteiger partial charge in [0, 0.05) is 29.4 Å². The summed E-state index contributed by atoms with van der Waals surface area (Å²) in [4.78, 5) is 3.79. The number of halogens is 3. The normalized spacial score (nSPS) is 16.9. The fourth-order valence-electron chi connectivity index (χ4n) is 2.28. The fourth-order valence-corrected chi connectivity index (χ4v) is 2.28. The highest BCUT2D eigenvalue weighted by Crippen LogP contribution is 2.43. The quantitative estimate of drug-likeness (QED) is 0.911. The van der Waals surface area contributed by atoms with Gasteiger partial charge in [0.15, 0.2) is 0 Å². The van der Waals surface area contributed by atoms with Gasteiger partial charge in [0.1, 0.15) is 0 Å². The van der Waals surface area contributed by atoms with E-state index in [1.165, 1.54) is 19.2 Å². The molecule has 0 amide bonds. The lowest BCUT2D eigenvalue weighted by atomic mass is 9.83. The van der Waals surface area contributed by atoms with Crippen LogP contribution in [0.5, 0.6) is 0 Å². The third-order valence-corrected chi connectivity index (χ3v) is 3.49. The van der Waals surface area contributed by atoms with Crippen molar-refractivity contribution in [2.24, 2.45) is 5.73 Å². The smallest absolute Gasteiger partial charge is 0.375 e. The molecule has 0 saturated heterocycles. The molecule has 2 aromatic rings. The Bertz CT molecular complexity index is 609. The minimum absolute atomic E-state index is 0.0147. The third kappa shape index (κ3) is 2.14. The van der Waals surface area contributed by atoms with Crippen LogP contribution in [0.15, 0.2) is 36.7 Å². The Labute approximate surface area is 114 Å². The van der Waals surface area contributed by atoms with E-state index in [1.54, 1.807) is 18.2 Å². The van der Waals surface area contributed by atoms with Crippen LogP contribution in [0.3, 0.4) is 0 Å². The van der Waals surface area contributed by atoms with Gasteiger partial charge in [-0.3, -0.25) is 4.98 Å². The largest absolute Gasteiger partial charge is 0.423 e. The van der Waals surface area contributed by atoms with E-state index in [0.29, 0.717) is 10.8 Å². The second-order valence-corrected chi connectivity index (χ2v) is 4.69. The summed E-state index contributed by atoms with van der Waals surface area (Å²) in [6.45, 7) is 1.50. The second-order valence-electron chi connectivity index (χ2n) is 4.69. The Morgan fingerprint density at radius 2 is 1.90 bits per heavy atom. The summed E-state index contributed by atoms with van der Waals surface area (Å²) in [5, 5.41) is 11.1. The predicted octanol–water partition coefficient (Wildman–Crippen LogP) is 2.72. The number of hydrogen-bond donors (Lipinski definition) is 2. The van der Waals surface area contributed by atoms with Crippen molar-refractivity contribution < 1.29 is 18.3 Å². The lowest BCUT2D eigenvalue weighted by Gasteiger charge is -2.36. The van der Waals surface area contributed by atoms with Gasteiger partial charge < -0.3 is 10.8 Å². The average molecular weight is 284 g/mol. The molecule has 2 atom stereocenters. The van der Waals surface area contributed by atoms with Gasteiger partial charge in [-0.15, -0.1) is 0 Å². The zero-order valence-electron chi connectivity index (χ0n) is 10.9. The molecule has 0 bridgehead atoms. The highest BCUT2D eigenvalue weighted by atomic mass is 19.4. The van der Waals surface area contributed by atoms with Crippen molar-refractivity contribution in [2.75, 3.05) is 0 Å². The van der Waals surface area contributed by atoms with Gasteiger partial charge in [0.05, 0.1) is 0 Å². The highest BCUT2D eigenvalue weighted by Gasteiger charge is 2.59. The molecular formula is C14H15F3N2O. The first-order valence-corrected chi connectivity index (χ1v) is 6.20. The maximum absolute atomic E-state index is 13.4. The Kier molecular flexibility index (Phi) is 3.71. The van der Waals surface area contributed by atoms with Crippen molar-refractivity contribution in [2.45, 2.75) is 31.2 Å². The fraction of sp³-hybridized carbons (Fsp3) is 0.357. The zero-order chi connectivity index (χ0) is 15.0. The van der Waals surface area contributed by atoms with Crippen LogP contribution in [0.25, 0.3) is 10.8 Å². The number of nitrogens with zero attached hydrogens (tertiary/aromatic N) is 1. The SMILES string of the molecule is CCC(N)C(O)(c1cncc2ccccc12)C(F)(F)F. The lowest BCUT2D eigenvalue weighted by molar-refractivity contribution is -0.274. The van der Waals surface area contributed by atoms with E-state index in [-0.39, 0.29) is 12.0 Å². The second kappa shape index (κ2) is 5.03. The molecule has 108 valence electrons. The van der Waals surface area contributed by atoms with Crippen molar-refractivity contribution in [3.63, 3.8) is 0 Å². The maximum atomic E-state index is 13.4. The first kappa shape index (κ1) is 14.7. The Hall–Kier alpha value is -1.66. The molecule has 2 rings (SSSR count). The first-order chi connectivity index (χ1) is 9.32. The molecule has 0 aliphatic carbocycles. The summed E-state index contributed by atoms with van der Waals surface area (Å²) in [7, 11) is 0. The van der Waals surface area contributed by atoms with E-state index in [4.69, 9.17) is 5.73 Å². The van der Waals surface area contributed by atoms with E-state index >= 15 is 0 Å². The van der Waals surface area contributed by atoms with Crippen LogP contribution in [0.2, 0.25) is 0 Å². The standard InChI is InChI=1S/C14H15F3N2O/c1-2-12(18)13(20,14(15,16)17)11-8-19-7-9-5-3-4-6-10(9)11/h3-8,12,20H,2,18H2,1H3. The maximum Gasteiger partial charge on any atom is 0.423 e. The van der Waals surface area contributed by atoms with Gasteiger partial charge in [-0.05, 0) is 11.8 Å². The van der Waals surface area contributed by atoms with E-state index in [9.17, 15) is 18.3 Å². The van der Waals surface area contributed by atoms with Crippen LogP contribution in [0.1, 0.15) is 18.9 Å². The predicted molar refractivity (Wildman–Crippen MR) is 70.0 cm³/mol. The van der Waals surface area contributed by atoms with Crippen molar-refractivity contribution >= 4 is 10.8 Å². The molecule has 0 aliphatic rings.